The monoisotopic (exact) mass is 274 g/mol. The van der Waals surface area contributed by atoms with Crippen LogP contribution in [0.3, 0.4) is 0 Å². The molecule has 0 aromatic carbocycles. The Hall–Kier alpha value is -1.83. The number of carbonyl (C=O) groups is 3. The first-order valence-corrected chi connectivity index (χ1v) is 5.95. The van der Waals surface area contributed by atoms with Crippen LogP contribution in [0, 0.1) is 0 Å². The minimum absolute atomic E-state index is 0.141. The summed E-state index contributed by atoms with van der Waals surface area (Å²) in [6.07, 6.45) is -0.939. The molecule has 0 aromatic rings. The maximum absolute atomic E-state index is 11.9. The number of carboxylic acids is 2. The fourth-order valence-corrected chi connectivity index (χ4v) is 1.96. The van der Waals surface area contributed by atoms with E-state index >= 15 is 0 Å². The summed E-state index contributed by atoms with van der Waals surface area (Å²) >= 11 is 0. The van der Waals surface area contributed by atoms with Crippen LogP contribution < -0.4 is 5.32 Å². The predicted octanol–water partition coefficient (Wildman–Crippen LogP) is -0.267. The van der Waals surface area contributed by atoms with Crippen molar-refractivity contribution >= 4 is 18.0 Å². The van der Waals surface area contributed by atoms with Gasteiger partial charge >= 0.3 is 18.0 Å². The molecule has 3 atom stereocenters. The van der Waals surface area contributed by atoms with Gasteiger partial charge in [0.1, 0.15) is 6.04 Å². The van der Waals surface area contributed by atoms with Crippen LogP contribution in [0.5, 0.6) is 0 Å². The highest BCUT2D eigenvalue weighted by Gasteiger charge is 2.29. The fourth-order valence-electron chi connectivity index (χ4n) is 1.96. The fraction of sp³-hybridized carbons (Fsp3) is 0.727. The van der Waals surface area contributed by atoms with E-state index < -0.39 is 30.4 Å². The van der Waals surface area contributed by atoms with E-state index in [4.69, 9.17) is 14.9 Å². The molecule has 0 saturated carbocycles. The Morgan fingerprint density at radius 1 is 1.26 bits per heavy atom. The van der Waals surface area contributed by atoms with Gasteiger partial charge in [-0.1, -0.05) is 0 Å². The number of ether oxygens (including phenoxy) is 1. The third-order valence-corrected chi connectivity index (χ3v) is 2.68. The first-order valence-electron chi connectivity index (χ1n) is 5.95. The molecule has 1 fully saturated rings. The van der Waals surface area contributed by atoms with Crippen molar-refractivity contribution in [1.82, 2.24) is 10.2 Å². The number of amides is 2. The number of carboxylic acid groups (broad SMARTS) is 2. The van der Waals surface area contributed by atoms with Gasteiger partial charge in [-0.05, 0) is 13.8 Å². The highest BCUT2D eigenvalue weighted by atomic mass is 16.5. The van der Waals surface area contributed by atoms with Gasteiger partial charge in [-0.2, -0.15) is 0 Å². The van der Waals surface area contributed by atoms with Crippen LogP contribution in [0.25, 0.3) is 0 Å². The molecule has 0 radical (unpaired) electrons. The SMILES string of the molecule is C[C@@H]1CN(C(=O)N[C@@H](CC(=O)O)C(=O)O)C[C@H](C)O1. The molecular formula is C11H18N2O6. The molecule has 1 saturated heterocycles. The summed E-state index contributed by atoms with van der Waals surface area (Å²) in [7, 11) is 0. The van der Waals surface area contributed by atoms with Gasteiger partial charge < -0.3 is 25.2 Å². The first-order chi connectivity index (χ1) is 8.79. The summed E-state index contributed by atoms with van der Waals surface area (Å²) in [5.41, 5.74) is 0. The van der Waals surface area contributed by atoms with Gasteiger partial charge in [0.25, 0.3) is 0 Å². The number of nitrogens with one attached hydrogen (secondary N) is 1. The molecule has 1 aliphatic heterocycles. The molecule has 0 spiro atoms. The highest BCUT2D eigenvalue weighted by Crippen LogP contribution is 2.11. The molecule has 1 aliphatic rings. The third kappa shape index (κ3) is 4.74. The summed E-state index contributed by atoms with van der Waals surface area (Å²) in [5.74, 6) is -2.65. The number of carbonyl (C=O) groups excluding carboxylic acids is 1. The van der Waals surface area contributed by atoms with Gasteiger partial charge in [0.05, 0.1) is 18.6 Å². The molecule has 0 aliphatic carbocycles. The van der Waals surface area contributed by atoms with Crippen LogP contribution >= 0.6 is 0 Å². The zero-order chi connectivity index (χ0) is 14.6. The molecule has 1 rings (SSSR count). The molecule has 1 heterocycles. The molecule has 108 valence electrons. The molecule has 0 bridgehead atoms. The minimum Gasteiger partial charge on any atom is -0.481 e. The van der Waals surface area contributed by atoms with Crippen molar-refractivity contribution in [3.63, 3.8) is 0 Å². The Balaban J connectivity index is 2.61. The van der Waals surface area contributed by atoms with E-state index in [1.165, 1.54) is 4.90 Å². The van der Waals surface area contributed by atoms with E-state index in [2.05, 4.69) is 5.32 Å². The Kier molecular flexibility index (Phi) is 5.11. The summed E-state index contributed by atoms with van der Waals surface area (Å²) < 4.78 is 5.45. The first kappa shape index (κ1) is 15.2. The topological polar surface area (TPSA) is 116 Å². The van der Waals surface area contributed by atoms with Gasteiger partial charge in [0, 0.05) is 13.1 Å². The molecule has 2 amide bonds. The number of aliphatic carboxylic acids is 2. The van der Waals surface area contributed by atoms with Gasteiger partial charge in [0.15, 0.2) is 0 Å². The molecule has 8 heteroatoms. The number of urea groups is 1. The van der Waals surface area contributed by atoms with Gasteiger partial charge in [-0.25, -0.2) is 9.59 Å². The Morgan fingerprint density at radius 2 is 1.79 bits per heavy atom. The standard InChI is InChI=1S/C11H18N2O6/c1-6-4-13(5-7(2)19-6)11(18)12-8(10(16)17)3-9(14)15/h6-8H,3-5H2,1-2H3,(H,12,18)(H,14,15)(H,16,17)/t6-,7+,8-/m0/s1. The van der Waals surface area contributed by atoms with E-state index in [1.807, 2.05) is 13.8 Å². The Bertz CT molecular complexity index is 362. The Labute approximate surface area is 110 Å². The highest BCUT2D eigenvalue weighted by molar-refractivity contribution is 5.86. The van der Waals surface area contributed by atoms with E-state index in [1.54, 1.807) is 0 Å². The molecular weight excluding hydrogens is 256 g/mol. The van der Waals surface area contributed by atoms with Crippen molar-refractivity contribution < 1.29 is 29.3 Å². The van der Waals surface area contributed by atoms with Crippen LogP contribution in [0.4, 0.5) is 4.79 Å². The average molecular weight is 274 g/mol. The minimum atomic E-state index is -1.43. The lowest BCUT2D eigenvalue weighted by atomic mass is 10.2. The third-order valence-electron chi connectivity index (χ3n) is 2.68. The predicted molar refractivity (Wildman–Crippen MR) is 63.8 cm³/mol. The lowest BCUT2D eigenvalue weighted by Gasteiger charge is -2.35. The maximum Gasteiger partial charge on any atom is 0.326 e. The van der Waals surface area contributed by atoms with E-state index in [0.717, 1.165) is 0 Å². The van der Waals surface area contributed by atoms with Crippen molar-refractivity contribution in [1.29, 1.82) is 0 Å². The van der Waals surface area contributed by atoms with Crippen molar-refractivity contribution in [3.05, 3.63) is 0 Å². The van der Waals surface area contributed by atoms with Crippen molar-refractivity contribution in [2.45, 2.75) is 38.5 Å². The summed E-state index contributed by atoms with van der Waals surface area (Å²) in [5, 5.41) is 19.7. The van der Waals surface area contributed by atoms with Crippen LogP contribution in [0.2, 0.25) is 0 Å². The van der Waals surface area contributed by atoms with E-state index in [9.17, 15) is 14.4 Å². The van der Waals surface area contributed by atoms with E-state index in [0.29, 0.717) is 13.1 Å². The number of nitrogens with zero attached hydrogens (tertiary/aromatic N) is 1. The van der Waals surface area contributed by atoms with Gasteiger partial charge in [-0.15, -0.1) is 0 Å². The lowest BCUT2D eigenvalue weighted by Crippen LogP contribution is -2.55. The maximum atomic E-state index is 11.9. The molecule has 0 aromatic heterocycles. The normalized spacial score (nSPS) is 24.6. The zero-order valence-corrected chi connectivity index (χ0v) is 10.8. The van der Waals surface area contributed by atoms with Crippen LogP contribution in [0.15, 0.2) is 0 Å². The molecule has 3 N–H and O–H groups in total. The summed E-state index contributed by atoms with van der Waals surface area (Å²) in [6, 6.07) is -2.02. The Morgan fingerprint density at radius 3 is 2.21 bits per heavy atom. The summed E-state index contributed by atoms with van der Waals surface area (Å²) in [4.78, 5) is 34.7. The van der Waals surface area contributed by atoms with Crippen LogP contribution in [-0.4, -0.2) is 64.4 Å². The van der Waals surface area contributed by atoms with Crippen molar-refractivity contribution in [2.24, 2.45) is 0 Å². The lowest BCUT2D eigenvalue weighted by molar-refractivity contribution is -0.145. The second-order valence-electron chi connectivity index (χ2n) is 4.60. The van der Waals surface area contributed by atoms with Crippen LogP contribution in [-0.2, 0) is 14.3 Å². The second-order valence-corrected chi connectivity index (χ2v) is 4.60. The second kappa shape index (κ2) is 6.37. The molecule has 8 nitrogen and oxygen atoms in total. The molecule has 19 heavy (non-hydrogen) atoms. The zero-order valence-electron chi connectivity index (χ0n) is 10.8. The largest absolute Gasteiger partial charge is 0.481 e. The van der Waals surface area contributed by atoms with Crippen molar-refractivity contribution in [3.8, 4) is 0 Å². The number of morpholine rings is 1. The quantitative estimate of drug-likeness (QED) is 0.650. The van der Waals surface area contributed by atoms with Crippen molar-refractivity contribution in [2.75, 3.05) is 13.1 Å². The average Bonchev–Trinajstić information content (AvgIpc) is 2.25. The summed E-state index contributed by atoms with van der Waals surface area (Å²) in [6.45, 7) is 4.30. The van der Waals surface area contributed by atoms with Crippen LogP contribution in [0.1, 0.15) is 20.3 Å². The number of hydrogen-bond donors (Lipinski definition) is 3. The smallest absolute Gasteiger partial charge is 0.326 e. The van der Waals surface area contributed by atoms with E-state index in [-0.39, 0.29) is 12.2 Å². The number of hydrogen-bond acceptors (Lipinski definition) is 4. The number of rotatable bonds is 4. The molecule has 0 unspecified atom stereocenters. The van der Waals surface area contributed by atoms with Gasteiger partial charge in [0.2, 0.25) is 0 Å². The van der Waals surface area contributed by atoms with Gasteiger partial charge in [-0.3, -0.25) is 4.79 Å².